The number of hydrogen-bond acceptors (Lipinski definition) is 4. The van der Waals surface area contributed by atoms with E-state index in [1.165, 1.54) is 0 Å². The van der Waals surface area contributed by atoms with Crippen LogP contribution >= 0.6 is 0 Å². The van der Waals surface area contributed by atoms with Gasteiger partial charge in [0.1, 0.15) is 5.92 Å². The lowest BCUT2D eigenvalue weighted by Gasteiger charge is -2.17. The van der Waals surface area contributed by atoms with Gasteiger partial charge in [-0.25, -0.2) is 4.99 Å². The zero-order valence-corrected chi connectivity index (χ0v) is 10.7. The van der Waals surface area contributed by atoms with E-state index in [1.807, 2.05) is 7.05 Å². The van der Waals surface area contributed by atoms with Crippen LogP contribution in [-0.2, 0) is 9.59 Å². The number of carbonyl (C=O) groups is 2. The van der Waals surface area contributed by atoms with Gasteiger partial charge in [-0.2, -0.15) is 4.99 Å². The Morgan fingerprint density at radius 2 is 2.16 bits per heavy atom. The average Bonchev–Trinajstić information content (AvgIpc) is 2.43. The van der Waals surface area contributed by atoms with Crippen LogP contribution in [-0.4, -0.2) is 43.5 Å². The minimum absolute atomic E-state index is 0.0549. The Morgan fingerprint density at radius 1 is 1.32 bits per heavy atom. The average molecular weight is 260 g/mol. The molecule has 0 fully saturated rings. The van der Waals surface area contributed by atoms with Crippen LogP contribution in [0.4, 0.5) is 0 Å². The summed E-state index contributed by atoms with van der Waals surface area (Å²) < 4.78 is 0. The topological polar surface area (TPSA) is 82.9 Å². The van der Waals surface area contributed by atoms with E-state index in [1.54, 1.807) is 24.3 Å². The number of allylic oxidation sites excluding steroid dienone is 3. The molecule has 0 aromatic rings. The van der Waals surface area contributed by atoms with Gasteiger partial charge >= 0.3 is 0 Å². The zero-order chi connectivity index (χ0) is 13.7. The molecule has 100 valence electrons. The summed E-state index contributed by atoms with van der Waals surface area (Å²) in [5, 5.41) is 5.68. The molecule has 0 aromatic heterocycles. The van der Waals surface area contributed by atoms with Crippen molar-refractivity contribution >= 4 is 23.4 Å². The first-order valence-electron chi connectivity index (χ1n) is 6.21. The van der Waals surface area contributed by atoms with E-state index in [-0.39, 0.29) is 11.7 Å². The normalized spacial score (nSPS) is 20.7. The summed E-state index contributed by atoms with van der Waals surface area (Å²) in [7, 11) is 1.85. The van der Waals surface area contributed by atoms with Crippen LogP contribution in [0.5, 0.6) is 0 Å². The van der Waals surface area contributed by atoms with Crippen LogP contribution in [0.25, 0.3) is 0 Å². The van der Waals surface area contributed by atoms with Gasteiger partial charge < -0.3 is 10.6 Å². The first kappa shape index (κ1) is 13.4. The molecule has 1 aliphatic carbocycles. The second-order valence-electron chi connectivity index (χ2n) is 4.25. The summed E-state index contributed by atoms with van der Waals surface area (Å²) >= 11 is 0. The fourth-order valence-corrected chi connectivity index (χ4v) is 1.82. The maximum atomic E-state index is 11.8. The molecular formula is C13H16N4O2. The summed E-state index contributed by atoms with van der Waals surface area (Å²) in [6.45, 7) is 1.34. The number of fused-ring (bicyclic) bond motifs is 1. The van der Waals surface area contributed by atoms with Crippen molar-refractivity contribution in [1.82, 2.24) is 10.6 Å². The van der Waals surface area contributed by atoms with Gasteiger partial charge in [0.25, 0.3) is 11.8 Å². The third kappa shape index (κ3) is 3.23. The van der Waals surface area contributed by atoms with E-state index < -0.39 is 11.8 Å². The molecule has 19 heavy (non-hydrogen) atoms. The second kappa shape index (κ2) is 6.19. The molecule has 0 bridgehead atoms. The van der Waals surface area contributed by atoms with E-state index in [0.717, 1.165) is 13.0 Å². The summed E-state index contributed by atoms with van der Waals surface area (Å²) in [4.78, 5) is 31.5. The first-order chi connectivity index (χ1) is 9.22. The number of nitrogens with zero attached hydrogens (tertiary/aromatic N) is 2. The molecule has 1 heterocycles. The van der Waals surface area contributed by atoms with Crippen molar-refractivity contribution in [3.05, 3.63) is 24.3 Å². The molecule has 6 nitrogen and oxygen atoms in total. The van der Waals surface area contributed by atoms with Crippen molar-refractivity contribution in [3.8, 4) is 0 Å². The van der Waals surface area contributed by atoms with Crippen LogP contribution in [0.1, 0.15) is 6.42 Å². The highest BCUT2D eigenvalue weighted by molar-refractivity contribution is 6.44. The highest BCUT2D eigenvalue weighted by Gasteiger charge is 2.28. The Kier molecular flexibility index (Phi) is 4.35. The fourth-order valence-electron chi connectivity index (χ4n) is 1.82. The first-order valence-corrected chi connectivity index (χ1v) is 6.21. The van der Waals surface area contributed by atoms with Crippen LogP contribution in [0.3, 0.4) is 0 Å². The molecule has 1 unspecified atom stereocenters. The SMILES string of the molecule is CNCCCNC(=O)C1=NC(=O)C2C=CC=CC2=N1. The van der Waals surface area contributed by atoms with Gasteiger partial charge in [0.05, 0.1) is 5.71 Å². The maximum absolute atomic E-state index is 11.8. The molecule has 1 atom stereocenters. The number of hydrogen-bond donors (Lipinski definition) is 2. The smallest absolute Gasteiger partial charge is 0.289 e. The molecule has 0 aromatic carbocycles. The van der Waals surface area contributed by atoms with Crippen molar-refractivity contribution in [2.45, 2.75) is 6.42 Å². The number of amides is 2. The van der Waals surface area contributed by atoms with E-state index in [0.29, 0.717) is 12.3 Å². The molecule has 2 N–H and O–H groups in total. The Balaban J connectivity index is 1.99. The Labute approximate surface area is 111 Å². The van der Waals surface area contributed by atoms with E-state index in [4.69, 9.17) is 0 Å². The summed E-state index contributed by atoms with van der Waals surface area (Å²) in [5.41, 5.74) is 0.572. The van der Waals surface area contributed by atoms with Gasteiger partial charge in [0.15, 0.2) is 0 Å². The summed E-state index contributed by atoms with van der Waals surface area (Å²) in [6.07, 6.45) is 7.83. The predicted molar refractivity (Wildman–Crippen MR) is 73.2 cm³/mol. The molecule has 2 amide bonds. The number of carbonyl (C=O) groups excluding carboxylic acids is 2. The highest BCUT2D eigenvalue weighted by atomic mass is 16.2. The molecule has 2 rings (SSSR count). The lowest BCUT2D eigenvalue weighted by molar-refractivity contribution is -0.119. The van der Waals surface area contributed by atoms with Gasteiger partial charge in [-0.15, -0.1) is 0 Å². The largest absolute Gasteiger partial charge is 0.349 e. The molecule has 0 spiro atoms. The van der Waals surface area contributed by atoms with Crippen LogP contribution < -0.4 is 10.6 Å². The third-order valence-electron chi connectivity index (χ3n) is 2.81. The van der Waals surface area contributed by atoms with Gasteiger partial charge in [-0.3, -0.25) is 9.59 Å². The quantitative estimate of drug-likeness (QED) is 0.673. The minimum Gasteiger partial charge on any atom is -0.349 e. The van der Waals surface area contributed by atoms with Crippen LogP contribution in [0.2, 0.25) is 0 Å². The molecule has 0 radical (unpaired) electrons. The molecule has 2 aliphatic rings. The van der Waals surface area contributed by atoms with Gasteiger partial charge in [0.2, 0.25) is 5.84 Å². The summed E-state index contributed by atoms with van der Waals surface area (Å²) in [5.74, 6) is -1.24. The predicted octanol–water partition coefficient (Wildman–Crippen LogP) is -0.166. The van der Waals surface area contributed by atoms with Gasteiger partial charge in [-0.05, 0) is 26.1 Å². The minimum atomic E-state index is -0.439. The highest BCUT2D eigenvalue weighted by Crippen LogP contribution is 2.15. The Bertz CT molecular complexity index is 503. The Hall–Kier alpha value is -2.08. The van der Waals surface area contributed by atoms with Crippen molar-refractivity contribution in [1.29, 1.82) is 0 Å². The van der Waals surface area contributed by atoms with E-state index in [9.17, 15) is 9.59 Å². The monoisotopic (exact) mass is 260 g/mol. The van der Waals surface area contributed by atoms with Crippen molar-refractivity contribution in [2.24, 2.45) is 15.9 Å². The van der Waals surface area contributed by atoms with Crippen molar-refractivity contribution < 1.29 is 9.59 Å². The lowest BCUT2D eigenvalue weighted by atomic mass is 9.96. The van der Waals surface area contributed by atoms with Crippen molar-refractivity contribution in [3.63, 3.8) is 0 Å². The van der Waals surface area contributed by atoms with E-state index in [2.05, 4.69) is 20.6 Å². The number of aliphatic imine (C=N–C) groups is 2. The third-order valence-corrected chi connectivity index (χ3v) is 2.81. The molecule has 1 aliphatic heterocycles. The van der Waals surface area contributed by atoms with Crippen LogP contribution in [0, 0.1) is 5.92 Å². The zero-order valence-electron chi connectivity index (χ0n) is 10.7. The van der Waals surface area contributed by atoms with Crippen LogP contribution in [0.15, 0.2) is 34.3 Å². The Morgan fingerprint density at radius 3 is 2.95 bits per heavy atom. The molecular weight excluding hydrogens is 244 g/mol. The van der Waals surface area contributed by atoms with Gasteiger partial charge in [0, 0.05) is 6.54 Å². The number of amidine groups is 1. The summed E-state index contributed by atoms with van der Waals surface area (Å²) in [6, 6.07) is 0. The van der Waals surface area contributed by atoms with E-state index >= 15 is 0 Å². The lowest BCUT2D eigenvalue weighted by Crippen LogP contribution is -2.37. The molecule has 6 heteroatoms. The standard InChI is InChI=1S/C13H16N4O2/c1-14-7-4-8-15-13(19)11-16-10-6-3-2-5-9(10)12(18)17-11/h2-3,5-6,9,14H,4,7-8H2,1H3,(H,15,19). The van der Waals surface area contributed by atoms with Gasteiger partial charge in [-0.1, -0.05) is 18.2 Å². The second-order valence-corrected chi connectivity index (χ2v) is 4.25. The number of nitrogens with one attached hydrogen (secondary N) is 2. The number of rotatable bonds is 5. The fraction of sp³-hybridized carbons (Fsp3) is 0.385. The molecule has 0 saturated heterocycles. The van der Waals surface area contributed by atoms with Crippen molar-refractivity contribution in [2.75, 3.05) is 20.1 Å². The molecule has 0 saturated carbocycles. The maximum Gasteiger partial charge on any atom is 0.289 e.